The van der Waals surface area contributed by atoms with Crippen LogP contribution in [0.1, 0.15) is 18.1 Å². The highest BCUT2D eigenvalue weighted by Gasteiger charge is 2.22. The van der Waals surface area contributed by atoms with E-state index in [0.29, 0.717) is 17.8 Å². The first-order valence-corrected chi connectivity index (χ1v) is 7.88. The topological polar surface area (TPSA) is 92.6 Å². The van der Waals surface area contributed by atoms with Gasteiger partial charge in [-0.2, -0.15) is 0 Å². The SMILES string of the molecule is CC(=O)N1CCc2cc(NC(=O)Cc3ccc([N+](=O)[O-])cc3)ccc21. The lowest BCUT2D eigenvalue weighted by Gasteiger charge is -2.15. The number of nitro groups is 1. The van der Waals surface area contributed by atoms with E-state index in [2.05, 4.69) is 5.32 Å². The second kappa shape index (κ2) is 6.72. The van der Waals surface area contributed by atoms with Crippen molar-refractivity contribution in [2.24, 2.45) is 0 Å². The Hall–Kier alpha value is -3.22. The van der Waals surface area contributed by atoms with Crippen LogP contribution in [0.2, 0.25) is 0 Å². The van der Waals surface area contributed by atoms with Crippen molar-refractivity contribution < 1.29 is 14.5 Å². The first-order chi connectivity index (χ1) is 11.9. The lowest BCUT2D eigenvalue weighted by molar-refractivity contribution is -0.384. The van der Waals surface area contributed by atoms with Gasteiger partial charge in [-0.1, -0.05) is 12.1 Å². The van der Waals surface area contributed by atoms with Gasteiger partial charge < -0.3 is 10.2 Å². The van der Waals surface area contributed by atoms with E-state index in [4.69, 9.17) is 0 Å². The molecule has 0 radical (unpaired) electrons. The number of carbonyl (C=O) groups is 2. The number of fused-ring (bicyclic) bond motifs is 1. The Morgan fingerprint density at radius 2 is 1.92 bits per heavy atom. The van der Waals surface area contributed by atoms with E-state index in [1.807, 2.05) is 12.1 Å². The summed E-state index contributed by atoms with van der Waals surface area (Å²) in [4.78, 5) is 35.6. The second-order valence-corrected chi connectivity index (χ2v) is 5.91. The van der Waals surface area contributed by atoms with Crippen LogP contribution in [0.5, 0.6) is 0 Å². The molecule has 1 aliphatic rings. The monoisotopic (exact) mass is 339 g/mol. The summed E-state index contributed by atoms with van der Waals surface area (Å²) in [5.74, 6) is -0.191. The van der Waals surface area contributed by atoms with Crippen LogP contribution >= 0.6 is 0 Å². The van der Waals surface area contributed by atoms with E-state index in [9.17, 15) is 19.7 Å². The van der Waals surface area contributed by atoms with Gasteiger partial charge in [0.2, 0.25) is 11.8 Å². The fraction of sp³-hybridized carbons (Fsp3) is 0.222. The van der Waals surface area contributed by atoms with Crippen molar-refractivity contribution in [1.29, 1.82) is 0 Å². The zero-order valence-corrected chi connectivity index (χ0v) is 13.7. The van der Waals surface area contributed by atoms with Crippen molar-refractivity contribution in [3.63, 3.8) is 0 Å². The molecule has 0 atom stereocenters. The Morgan fingerprint density at radius 1 is 1.20 bits per heavy atom. The molecule has 1 aliphatic heterocycles. The van der Waals surface area contributed by atoms with Gasteiger partial charge in [-0.05, 0) is 35.7 Å². The molecule has 2 aromatic rings. The van der Waals surface area contributed by atoms with Gasteiger partial charge in [0.25, 0.3) is 5.69 Å². The maximum Gasteiger partial charge on any atom is 0.269 e. The molecule has 0 saturated heterocycles. The zero-order chi connectivity index (χ0) is 18.0. The van der Waals surface area contributed by atoms with Gasteiger partial charge in [0, 0.05) is 37.0 Å². The van der Waals surface area contributed by atoms with Gasteiger partial charge >= 0.3 is 0 Å². The summed E-state index contributed by atoms with van der Waals surface area (Å²) in [7, 11) is 0. The van der Waals surface area contributed by atoms with Crippen LogP contribution in [0, 0.1) is 10.1 Å². The maximum atomic E-state index is 12.2. The third-order valence-corrected chi connectivity index (χ3v) is 4.15. The average molecular weight is 339 g/mol. The number of nitrogens with one attached hydrogen (secondary N) is 1. The average Bonchev–Trinajstić information content (AvgIpc) is 2.98. The molecule has 2 amide bonds. The molecule has 1 heterocycles. The van der Waals surface area contributed by atoms with Crippen molar-refractivity contribution >= 4 is 28.9 Å². The number of non-ortho nitro benzene ring substituents is 1. The van der Waals surface area contributed by atoms with Crippen molar-refractivity contribution in [3.05, 3.63) is 63.7 Å². The Bertz CT molecular complexity index is 846. The van der Waals surface area contributed by atoms with E-state index in [1.165, 1.54) is 19.1 Å². The Morgan fingerprint density at radius 3 is 2.56 bits per heavy atom. The van der Waals surface area contributed by atoms with Crippen LogP contribution < -0.4 is 10.2 Å². The summed E-state index contributed by atoms with van der Waals surface area (Å²) in [5.41, 5.74) is 3.30. The van der Waals surface area contributed by atoms with E-state index in [1.54, 1.807) is 23.1 Å². The number of rotatable bonds is 4. The minimum atomic E-state index is -0.473. The quantitative estimate of drug-likeness (QED) is 0.684. The molecular formula is C18H17N3O4. The number of nitrogens with zero attached hydrogens (tertiary/aromatic N) is 2. The normalized spacial score (nSPS) is 12.6. The third kappa shape index (κ3) is 3.65. The van der Waals surface area contributed by atoms with Gasteiger partial charge in [-0.25, -0.2) is 0 Å². The minimum Gasteiger partial charge on any atom is -0.326 e. The summed E-state index contributed by atoms with van der Waals surface area (Å²) < 4.78 is 0. The first kappa shape index (κ1) is 16.6. The molecule has 0 saturated carbocycles. The zero-order valence-electron chi connectivity index (χ0n) is 13.7. The van der Waals surface area contributed by atoms with Gasteiger partial charge in [0.1, 0.15) is 0 Å². The van der Waals surface area contributed by atoms with Gasteiger partial charge in [-0.3, -0.25) is 19.7 Å². The van der Waals surface area contributed by atoms with Crippen molar-refractivity contribution in [3.8, 4) is 0 Å². The molecular weight excluding hydrogens is 322 g/mol. The molecule has 25 heavy (non-hydrogen) atoms. The highest BCUT2D eigenvalue weighted by Crippen LogP contribution is 2.30. The fourth-order valence-corrected chi connectivity index (χ4v) is 2.93. The Kier molecular flexibility index (Phi) is 4.47. The standard InChI is InChI=1S/C18H17N3O4/c1-12(22)20-9-8-14-11-15(4-7-17(14)20)19-18(23)10-13-2-5-16(6-3-13)21(24)25/h2-7,11H,8-10H2,1H3,(H,19,23). The predicted octanol–water partition coefficient (Wildman–Crippen LogP) is 2.69. The molecule has 0 bridgehead atoms. The van der Waals surface area contributed by atoms with Crippen LogP contribution in [0.3, 0.4) is 0 Å². The number of anilines is 2. The largest absolute Gasteiger partial charge is 0.326 e. The highest BCUT2D eigenvalue weighted by atomic mass is 16.6. The lowest BCUT2D eigenvalue weighted by atomic mass is 10.1. The number of amides is 2. The molecule has 0 fully saturated rings. The van der Waals surface area contributed by atoms with Gasteiger partial charge in [-0.15, -0.1) is 0 Å². The van der Waals surface area contributed by atoms with Crippen LogP contribution in [-0.4, -0.2) is 23.3 Å². The molecule has 0 aliphatic carbocycles. The molecule has 0 spiro atoms. The van der Waals surface area contributed by atoms with Gasteiger partial charge in [0.15, 0.2) is 0 Å². The second-order valence-electron chi connectivity index (χ2n) is 5.91. The molecule has 1 N–H and O–H groups in total. The number of benzene rings is 2. The van der Waals surface area contributed by atoms with E-state index in [0.717, 1.165) is 17.7 Å². The lowest BCUT2D eigenvalue weighted by Crippen LogP contribution is -2.25. The fourth-order valence-electron chi connectivity index (χ4n) is 2.93. The van der Waals surface area contributed by atoms with Crippen LogP contribution in [0.15, 0.2) is 42.5 Å². The molecule has 3 rings (SSSR count). The molecule has 7 nitrogen and oxygen atoms in total. The summed E-state index contributed by atoms with van der Waals surface area (Å²) in [6.45, 7) is 2.19. The molecule has 128 valence electrons. The summed E-state index contributed by atoms with van der Waals surface area (Å²) in [6, 6.07) is 11.4. The smallest absolute Gasteiger partial charge is 0.269 e. The number of hydrogen-bond acceptors (Lipinski definition) is 4. The first-order valence-electron chi connectivity index (χ1n) is 7.88. The van der Waals surface area contributed by atoms with E-state index < -0.39 is 4.92 Å². The number of hydrogen-bond donors (Lipinski definition) is 1. The number of nitro benzene ring substituents is 1. The van der Waals surface area contributed by atoms with Crippen LogP contribution in [0.4, 0.5) is 17.1 Å². The van der Waals surface area contributed by atoms with Crippen molar-refractivity contribution in [1.82, 2.24) is 0 Å². The number of carbonyl (C=O) groups excluding carboxylic acids is 2. The highest BCUT2D eigenvalue weighted by molar-refractivity contribution is 5.96. The van der Waals surface area contributed by atoms with Gasteiger partial charge in [0.05, 0.1) is 11.3 Å². The van der Waals surface area contributed by atoms with Crippen LogP contribution in [-0.2, 0) is 22.4 Å². The van der Waals surface area contributed by atoms with E-state index >= 15 is 0 Å². The van der Waals surface area contributed by atoms with Crippen molar-refractivity contribution in [2.75, 3.05) is 16.8 Å². The Labute approximate surface area is 144 Å². The Balaban J connectivity index is 1.65. The molecule has 0 aromatic heterocycles. The summed E-state index contributed by atoms with van der Waals surface area (Å²) in [5, 5.41) is 13.5. The maximum absolute atomic E-state index is 12.2. The van der Waals surface area contributed by atoms with Crippen LogP contribution in [0.25, 0.3) is 0 Å². The molecule has 7 heteroatoms. The molecule has 2 aromatic carbocycles. The predicted molar refractivity (Wildman–Crippen MR) is 93.6 cm³/mol. The summed E-state index contributed by atoms with van der Waals surface area (Å²) >= 11 is 0. The molecule has 0 unspecified atom stereocenters. The minimum absolute atomic E-state index is 0.00203. The van der Waals surface area contributed by atoms with E-state index in [-0.39, 0.29) is 23.9 Å². The summed E-state index contributed by atoms with van der Waals surface area (Å²) in [6.07, 6.45) is 0.898. The third-order valence-electron chi connectivity index (χ3n) is 4.15. The van der Waals surface area contributed by atoms with Crippen molar-refractivity contribution in [2.45, 2.75) is 19.8 Å².